The van der Waals surface area contributed by atoms with E-state index in [2.05, 4.69) is 5.32 Å². The number of Topliss-reactive ketones (excluding diaryl/α,β-unsaturated/α-hetero) is 1. The van der Waals surface area contributed by atoms with Gasteiger partial charge in [0, 0.05) is 6.42 Å². The number of carbonyl (C=O) groups is 3. The molecule has 1 N–H and O–H groups in total. The fourth-order valence-corrected chi connectivity index (χ4v) is 4.37. The lowest BCUT2D eigenvalue weighted by molar-refractivity contribution is -0.151. The number of amides is 1. The average molecular weight is 536 g/mol. The summed E-state index contributed by atoms with van der Waals surface area (Å²) in [5.41, 5.74) is 3.51. The van der Waals surface area contributed by atoms with Crippen LogP contribution < -0.4 is 5.32 Å². The summed E-state index contributed by atoms with van der Waals surface area (Å²) in [5, 5.41) is 2.74. The predicted octanol–water partition coefficient (Wildman–Crippen LogP) is 6.09. The van der Waals surface area contributed by atoms with Gasteiger partial charge in [0.2, 0.25) is 0 Å². The molecule has 6 nitrogen and oxygen atoms in total. The van der Waals surface area contributed by atoms with Crippen molar-refractivity contribution >= 4 is 17.8 Å². The van der Waals surface area contributed by atoms with Crippen LogP contribution in [0.1, 0.15) is 28.7 Å². The fraction of sp³-hybridized carbons (Fsp3) is 0.206. The molecular formula is C34H33NO5. The van der Waals surface area contributed by atoms with Gasteiger partial charge in [0.05, 0.1) is 12.0 Å². The van der Waals surface area contributed by atoms with Gasteiger partial charge in [0.15, 0.2) is 5.78 Å². The lowest BCUT2D eigenvalue weighted by Crippen LogP contribution is -2.44. The summed E-state index contributed by atoms with van der Waals surface area (Å²) >= 11 is 0. The maximum absolute atomic E-state index is 13.7. The number of esters is 1. The van der Waals surface area contributed by atoms with Crippen molar-refractivity contribution in [1.82, 2.24) is 5.32 Å². The molecule has 0 saturated carbocycles. The summed E-state index contributed by atoms with van der Waals surface area (Å²) in [6, 6.07) is 36.8. The van der Waals surface area contributed by atoms with E-state index < -0.39 is 24.0 Å². The largest absolute Gasteiger partial charge is 0.461 e. The molecule has 0 aromatic heterocycles. The van der Waals surface area contributed by atoms with E-state index in [0.29, 0.717) is 6.42 Å². The molecule has 2 atom stereocenters. The first kappa shape index (κ1) is 28.3. The molecule has 40 heavy (non-hydrogen) atoms. The average Bonchev–Trinajstić information content (AvgIpc) is 3.00. The number of nitrogens with one attached hydrogen (secondary N) is 1. The Balaban J connectivity index is 1.46. The highest BCUT2D eigenvalue weighted by atomic mass is 16.5. The van der Waals surface area contributed by atoms with Gasteiger partial charge in [0.25, 0.3) is 0 Å². The molecular weight excluding hydrogens is 502 g/mol. The molecule has 0 bridgehead atoms. The zero-order chi connectivity index (χ0) is 28.0. The Morgan fingerprint density at radius 3 is 1.48 bits per heavy atom. The molecule has 4 rings (SSSR count). The van der Waals surface area contributed by atoms with Crippen molar-refractivity contribution in [2.45, 2.75) is 38.5 Å². The van der Waals surface area contributed by atoms with E-state index in [1.54, 1.807) is 0 Å². The first-order chi connectivity index (χ1) is 19.6. The molecule has 1 amide bonds. The summed E-state index contributed by atoms with van der Waals surface area (Å²) in [6.45, 7) is 0.206. The zero-order valence-corrected chi connectivity index (χ0v) is 22.3. The standard InChI is InChI=1S/C34H33NO5/c36-32(23-30(21-26-13-5-1-6-14-26)33(37)39-24-28-17-9-3-10-18-28)31(22-27-15-7-2-8-16-27)35-34(38)40-25-29-19-11-4-12-20-29/h1-20,30-31H,21-25H2,(H,35,38)/t30-,31+/m1/s1. The summed E-state index contributed by atoms with van der Waals surface area (Å²) in [6.07, 6.45) is -0.156. The summed E-state index contributed by atoms with van der Waals surface area (Å²) < 4.78 is 11.0. The van der Waals surface area contributed by atoms with E-state index >= 15 is 0 Å². The van der Waals surface area contributed by atoms with Gasteiger partial charge in [0.1, 0.15) is 13.2 Å². The van der Waals surface area contributed by atoms with Crippen LogP contribution in [-0.4, -0.2) is 23.9 Å². The molecule has 4 aromatic carbocycles. The zero-order valence-electron chi connectivity index (χ0n) is 22.3. The fourth-order valence-electron chi connectivity index (χ4n) is 4.37. The number of rotatable bonds is 13. The van der Waals surface area contributed by atoms with E-state index in [1.807, 2.05) is 121 Å². The van der Waals surface area contributed by atoms with E-state index in [9.17, 15) is 14.4 Å². The minimum Gasteiger partial charge on any atom is -0.461 e. The van der Waals surface area contributed by atoms with Crippen molar-refractivity contribution < 1.29 is 23.9 Å². The quantitative estimate of drug-likeness (QED) is 0.210. The highest BCUT2D eigenvalue weighted by Crippen LogP contribution is 2.18. The highest BCUT2D eigenvalue weighted by molar-refractivity contribution is 5.90. The minimum absolute atomic E-state index is 0.0843. The smallest absolute Gasteiger partial charge is 0.408 e. The van der Waals surface area contributed by atoms with Crippen molar-refractivity contribution in [2.75, 3.05) is 0 Å². The Bertz CT molecular complexity index is 1340. The molecule has 0 aliphatic rings. The van der Waals surface area contributed by atoms with Crippen LogP contribution in [0.4, 0.5) is 4.79 Å². The topological polar surface area (TPSA) is 81.7 Å². The first-order valence-electron chi connectivity index (χ1n) is 13.3. The second-order valence-electron chi connectivity index (χ2n) is 9.60. The molecule has 0 radical (unpaired) electrons. The van der Waals surface area contributed by atoms with Gasteiger partial charge in [-0.05, 0) is 35.1 Å². The Morgan fingerprint density at radius 1 is 0.550 bits per heavy atom. The second-order valence-corrected chi connectivity index (χ2v) is 9.60. The molecule has 0 spiro atoms. The molecule has 0 unspecified atom stereocenters. The lowest BCUT2D eigenvalue weighted by atomic mass is 9.90. The SMILES string of the molecule is O=C(N[C@@H](Cc1ccccc1)C(=O)C[C@@H](Cc1ccccc1)C(=O)OCc1ccccc1)OCc1ccccc1. The Labute approximate surface area is 235 Å². The predicted molar refractivity (Wildman–Crippen MR) is 153 cm³/mol. The Kier molecular flexibility index (Phi) is 10.6. The minimum atomic E-state index is -0.870. The summed E-state index contributed by atoms with van der Waals surface area (Å²) in [5.74, 6) is -1.43. The molecule has 6 heteroatoms. The number of benzene rings is 4. The van der Waals surface area contributed by atoms with Crippen LogP contribution in [0.3, 0.4) is 0 Å². The van der Waals surface area contributed by atoms with E-state index in [1.165, 1.54) is 0 Å². The summed E-state index contributed by atoms with van der Waals surface area (Å²) in [4.78, 5) is 39.6. The van der Waals surface area contributed by atoms with Crippen molar-refractivity contribution in [3.8, 4) is 0 Å². The summed E-state index contributed by atoms with van der Waals surface area (Å²) in [7, 11) is 0. The number of ketones is 1. The lowest BCUT2D eigenvalue weighted by Gasteiger charge is -2.21. The molecule has 0 aliphatic carbocycles. The monoisotopic (exact) mass is 535 g/mol. The number of alkyl carbamates (subject to hydrolysis) is 1. The van der Waals surface area contributed by atoms with Gasteiger partial charge in [-0.2, -0.15) is 0 Å². The second kappa shape index (κ2) is 15.0. The maximum Gasteiger partial charge on any atom is 0.408 e. The third kappa shape index (κ3) is 9.24. The van der Waals surface area contributed by atoms with Gasteiger partial charge in [-0.3, -0.25) is 9.59 Å². The number of hydrogen-bond acceptors (Lipinski definition) is 5. The van der Waals surface area contributed by atoms with Crippen LogP contribution in [0.25, 0.3) is 0 Å². The van der Waals surface area contributed by atoms with E-state index in [0.717, 1.165) is 22.3 Å². The van der Waals surface area contributed by atoms with Crippen LogP contribution >= 0.6 is 0 Å². The van der Waals surface area contributed by atoms with Gasteiger partial charge in [-0.1, -0.05) is 121 Å². The van der Waals surface area contributed by atoms with E-state index in [4.69, 9.17) is 9.47 Å². The van der Waals surface area contributed by atoms with Crippen LogP contribution in [0.15, 0.2) is 121 Å². The molecule has 0 saturated heterocycles. The molecule has 204 valence electrons. The maximum atomic E-state index is 13.7. The van der Waals surface area contributed by atoms with Gasteiger partial charge < -0.3 is 14.8 Å². The van der Waals surface area contributed by atoms with Crippen LogP contribution in [0.5, 0.6) is 0 Å². The van der Waals surface area contributed by atoms with Gasteiger partial charge in [-0.15, -0.1) is 0 Å². The van der Waals surface area contributed by atoms with E-state index in [-0.39, 0.29) is 31.8 Å². The Hall–Kier alpha value is -4.71. The Morgan fingerprint density at radius 2 is 0.975 bits per heavy atom. The van der Waals surface area contributed by atoms with Crippen molar-refractivity contribution in [1.29, 1.82) is 0 Å². The van der Waals surface area contributed by atoms with Crippen molar-refractivity contribution in [3.05, 3.63) is 144 Å². The first-order valence-corrected chi connectivity index (χ1v) is 13.3. The normalized spacial score (nSPS) is 12.1. The number of carbonyl (C=O) groups excluding carboxylic acids is 3. The van der Waals surface area contributed by atoms with Crippen LogP contribution in [-0.2, 0) is 45.1 Å². The molecule has 4 aromatic rings. The number of ether oxygens (including phenoxy) is 2. The van der Waals surface area contributed by atoms with Crippen molar-refractivity contribution in [3.63, 3.8) is 0 Å². The van der Waals surface area contributed by atoms with Crippen molar-refractivity contribution in [2.24, 2.45) is 5.92 Å². The number of hydrogen-bond donors (Lipinski definition) is 1. The highest BCUT2D eigenvalue weighted by Gasteiger charge is 2.29. The molecule has 0 aliphatic heterocycles. The molecule has 0 heterocycles. The molecule has 0 fully saturated rings. The third-order valence-corrected chi connectivity index (χ3v) is 6.51. The van der Waals surface area contributed by atoms with Crippen LogP contribution in [0, 0.1) is 5.92 Å². The van der Waals surface area contributed by atoms with Gasteiger partial charge >= 0.3 is 12.1 Å². The third-order valence-electron chi connectivity index (χ3n) is 6.51. The van der Waals surface area contributed by atoms with Gasteiger partial charge in [-0.25, -0.2) is 4.79 Å². The van der Waals surface area contributed by atoms with Crippen LogP contribution in [0.2, 0.25) is 0 Å².